The third-order valence-corrected chi connectivity index (χ3v) is 1.23. The van der Waals surface area contributed by atoms with Crippen LogP contribution in [0.1, 0.15) is 5.56 Å². The second kappa shape index (κ2) is 10.8. The van der Waals surface area contributed by atoms with Crippen LogP contribution >= 0.6 is 18.8 Å². The molecule has 14 heavy (non-hydrogen) atoms. The summed E-state index contributed by atoms with van der Waals surface area (Å²) in [5.41, 5.74) is 0.574. The molecule has 0 bridgehead atoms. The molecule has 0 radical (unpaired) electrons. The predicted octanol–water partition coefficient (Wildman–Crippen LogP) is 3.66. The average molecular weight is 415 g/mol. The molecule has 0 saturated carbocycles. The van der Waals surface area contributed by atoms with Gasteiger partial charge in [0, 0.05) is 0 Å². The van der Waals surface area contributed by atoms with Crippen LogP contribution in [-0.2, 0) is 16.5 Å². The smallest absolute Gasteiger partial charge is 0.693 e. The molecule has 1 rings (SSSR count). The third-order valence-electron chi connectivity index (χ3n) is 1.23. The van der Waals surface area contributed by atoms with Crippen molar-refractivity contribution in [3.05, 3.63) is 36.0 Å². The van der Waals surface area contributed by atoms with E-state index in [-0.39, 0.29) is 6.15 Å². The second-order valence-corrected chi connectivity index (χ2v) is 5.14. The normalized spacial score (nSPS) is 7.57. The van der Waals surface area contributed by atoms with Gasteiger partial charge in [0.1, 0.15) is 11.8 Å². The maximum atomic E-state index is 8.52. The van der Waals surface area contributed by atoms with Gasteiger partial charge in [0.25, 0.3) is 0 Å². The molecule has 0 amide bonds. The van der Waals surface area contributed by atoms with Crippen molar-refractivity contribution in [3.63, 3.8) is 0 Å². The maximum Gasteiger partial charge on any atom is -0.693 e. The summed E-state index contributed by atoms with van der Waals surface area (Å²) in [5.74, 6) is 0.630. The zero-order chi connectivity index (χ0) is 10.1. The number of para-hydroxylation sites is 1. The Bertz CT molecular complexity index is 291. The molecular weight excluding hydrogens is 406 g/mol. The first-order chi connectivity index (χ1) is 6.29. The van der Waals surface area contributed by atoms with E-state index in [1.54, 1.807) is 25.3 Å². The van der Waals surface area contributed by atoms with E-state index in [4.69, 9.17) is 28.8 Å². The van der Waals surface area contributed by atoms with Crippen LogP contribution in [-0.4, -0.2) is 7.11 Å². The summed E-state index contributed by atoms with van der Waals surface area (Å²) in [5, 5.41) is 8.52. The quantitative estimate of drug-likeness (QED) is 0.703. The van der Waals surface area contributed by atoms with E-state index in [2.05, 4.69) is 0 Å². The van der Waals surface area contributed by atoms with E-state index >= 15 is 0 Å². The van der Waals surface area contributed by atoms with Gasteiger partial charge in [-0.15, -0.1) is 0 Å². The molecule has 0 atom stereocenters. The van der Waals surface area contributed by atoms with Crippen LogP contribution < -0.4 is 4.74 Å². The van der Waals surface area contributed by atoms with Crippen molar-refractivity contribution in [3.8, 4) is 11.8 Å². The topological polar surface area (TPSA) is 66.5 Å². The number of hydrogen-bond acceptors (Lipinski definition) is 2. The van der Waals surface area contributed by atoms with Gasteiger partial charge in [-0.2, -0.15) is 5.26 Å². The molecule has 0 aliphatic rings. The molecule has 0 aliphatic carbocycles. The summed E-state index contributed by atoms with van der Waals surface area (Å²) in [4.78, 5) is 0. The van der Waals surface area contributed by atoms with Crippen LogP contribution in [0.15, 0.2) is 24.3 Å². The fourth-order valence-corrected chi connectivity index (χ4v) is 0.737. The number of methoxy groups -OCH3 is 1. The second-order valence-electron chi connectivity index (χ2n) is 1.86. The number of nitrogens with two attached hydrogens (primary N) is 1. The number of halogens is 2. The summed E-state index contributed by atoms with van der Waals surface area (Å²) < 4.78 is 4.91. The van der Waals surface area contributed by atoms with Gasteiger partial charge in [0.2, 0.25) is 0 Å². The fourth-order valence-electron chi connectivity index (χ4n) is 0.737. The van der Waals surface area contributed by atoms with Crippen LogP contribution in [0.5, 0.6) is 5.75 Å². The number of rotatable bonds is 1. The standard InChI is InChI=1S/C8H7NO.2ClH.H2N.Pt/c1-10-8-5-3-2-4-7(8)6-9;;;;/h2-5H,1H3;2*1H;1H2;/q;;;-1;+2/p-2. The monoisotopic (exact) mass is 414 g/mol. The van der Waals surface area contributed by atoms with Crippen LogP contribution in [0.4, 0.5) is 0 Å². The molecule has 2 N–H and O–H groups in total. The summed E-state index contributed by atoms with van der Waals surface area (Å²) in [6.45, 7) is 0. The first-order valence-corrected chi connectivity index (χ1v) is 8.78. The van der Waals surface area contributed by atoms with Crippen molar-refractivity contribution < 1.29 is 21.2 Å². The molecule has 82 valence electrons. The molecule has 0 unspecified atom stereocenters. The number of nitrogens with zero attached hydrogens (tertiary/aromatic N) is 1. The van der Waals surface area contributed by atoms with E-state index in [1.807, 2.05) is 12.1 Å². The Morgan fingerprint density at radius 2 is 1.86 bits per heavy atom. The van der Waals surface area contributed by atoms with Crippen molar-refractivity contribution in [2.45, 2.75) is 0 Å². The minimum Gasteiger partial charge on any atom is -0.693 e. The Morgan fingerprint density at radius 3 is 2.21 bits per heavy atom. The molecule has 0 saturated heterocycles. The van der Waals surface area contributed by atoms with Gasteiger partial charge in [0.15, 0.2) is 0 Å². The minimum atomic E-state index is -0.472. The minimum absolute atomic E-state index is 0. The Kier molecular flexibility index (Phi) is 12.5. The van der Waals surface area contributed by atoms with Crippen molar-refractivity contribution in [2.75, 3.05) is 7.11 Å². The van der Waals surface area contributed by atoms with Gasteiger partial charge in [-0.05, 0) is 12.1 Å². The summed E-state index contributed by atoms with van der Waals surface area (Å²) in [7, 11) is 11.3. The molecule has 0 spiro atoms. The van der Waals surface area contributed by atoms with Gasteiger partial charge < -0.3 is 10.9 Å². The number of ether oxygens (including phenoxy) is 1. The summed E-state index contributed by atoms with van der Waals surface area (Å²) >= 11 is -0.472. The van der Waals surface area contributed by atoms with Crippen molar-refractivity contribution in [1.82, 2.24) is 0 Å². The maximum absolute atomic E-state index is 8.52. The Balaban J connectivity index is 0. The first kappa shape index (κ1) is 16.2. The molecule has 0 fully saturated rings. The van der Waals surface area contributed by atoms with E-state index in [9.17, 15) is 0 Å². The molecule has 1 aromatic rings. The number of benzene rings is 1. The Morgan fingerprint density at radius 1 is 1.36 bits per heavy atom. The van der Waals surface area contributed by atoms with Gasteiger partial charge in [-0.25, -0.2) is 0 Å². The van der Waals surface area contributed by atoms with Crippen molar-refractivity contribution in [1.29, 1.82) is 5.26 Å². The Labute approximate surface area is 99.9 Å². The van der Waals surface area contributed by atoms with E-state index < -0.39 is 16.5 Å². The molecule has 0 heterocycles. The zero-order valence-corrected chi connectivity index (χ0v) is 11.1. The van der Waals surface area contributed by atoms with Crippen molar-refractivity contribution >= 4 is 18.8 Å². The molecule has 0 aromatic heterocycles. The third kappa shape index (κ3) is 6.23. The zero-order valence-electron chi connectivity index (χ0n) is 7.31. The largest absolute Gasteiger partial charge is 0.693 e. The van der Waals surface area contributed by atoms with Crippen LogP contribution in [0.3, 0.4) is 0 Å². The summed E-state index contributed by atoms with van der Waals surface area (Å²) in [6.07, 6.45) is 0. The molecule has 3 nitrogen and oxygen atoms in total. The molecule has 1 aromatic carbocycles. The summed E-state index contributed by atoms with van der Waals surface area (Å²) in [6, 6.07) is 9.14. The SMILES string of the molecule is COc1ccccc1C#N.[Cl][Pt][Cl].[NH2-]. The van der Waals surface area contributed by atoms with Crippen LogP contribution in [0.2, 0.25) is 0 Å². The van der Waals surface area contributed by atoms with Crippen LogP contribution in [0.25, 0.3) is 6.15 Å². The molecular formula is C8H9Cl2N2OPt-. The molecule has 0 aliphatic heterocycles. The van der Waals surface area contributed by atoms with E-state index in [0.29, 0.717) is 11.3 Å². The van der Waals surface area contributed by atoms with Crippen LogP contribution in [0, 0.1) is 11.3 Å². The van der Waals surface area contributed by atoms with Gasteiger partial charge in [0.05, 0.1) is 12.7 Å². The van der Waals surface area contributed by atoms with Gasteiger partial charge in [-0.1, -0.05) is 12.1 Å². The number of nitriles is 1. The van der Waals surface area contributed by atoms with Crippen molar-refractivity contribution in [2.24, 2.45) is 0 Å². The fraction of sp³-hybridized carbons (Fsp3) is 0.125. The van der Waals surface area contributed by atoms with E-state index in [0.717, 1.165) is 0 Å². The first-order valence-electron chi connectivity index (χ1n) is 3.15. The number of hydrogen-bond donors (Lipinski definition) is 0. The molecule has 6 heteroatoms. The average Bonchev–Trinajstić information content (AvgIpc) is 2.19. The Hall–Kier alpha value is -0.262. The van der Waals surface area contributed by atoms with E-state index in [1.165, 1.54) is 0 Å². The predicted molar refractivity (Wildman–Crippen MR) is 54.7 cm³/mol. The van der Waals surface area contributed by atoms with Gasteiger partial charge in [-0.3, -0.25) is 0 Å². The van der Waals surface area contributed by atoms with Gasteiger partial charge >= 0.3 is 35.3 Å².